The highest BCUT2D eigenvalue weighted by Crippen LogP contribution is 2.32. The van der Waals surface area contributed by atoms with Gasteiger partial charge in [0, 0.05) is 55.9 Å². The molecule has 2 fully saturated rings. The maximum Gasteiger partial charge on any atom is 0.236 e. The van der Waals surface area contributed by atoms with Crippen LogP contribution in [0.25, 0.3) is 10.9 Å². The second kappa shape index (κ2) is 8.98. The van der Waals surface area contributed by atoms with Gasteiger partial charge in [0.25, 0.3) is 0 Å². The summed E-state index contributed by atoms with van der Waals surface area (Å²) in [5.41, 5.74) is 2.30. The summed E-state index contributed by atoms with van der Waals surface area (Å²) >= 11 is 6.21. The minimum absolute atomic E-state index is 0.249. The highest BCUT2D eigenvalue weighted by Gasteiger charge is 2.25. The summed E-state index contributed by atoms with van der Waals surface area (Å²) in [6.45, 7) is 5.43. The summed E-state index contributed by atoms with van der Waals surface area (Å²) in [6.07, 6.45) is 6.34. The number of halogens is 1. The number of carbonyl (C=O) groups is 1. The Labute approximate surface area is 176 Å². The van der Waals surface area contributed by atoms with Gasteiger partial charge in [-0.1, -0.05) is 24.4 Å². The molecule has 0 N–H and O–H groups in total. The fraction of sp³-hybridized carbons (Fsp3) is 0.500. The molecule has 0 spiro atoms. The van der Waals surface area contributed by atoms with Crippen molar-refractivity contribution >= 4 is 34.1 Å². The average molecular weight is 412 g/mol. The Morgan fingerprint density at radius 2 is 1.79 bits per heavy atom. The van der Waals surface area contributed by atoms with E-state index in [4.69, 9.17) is 11.6 Å². The lowest BCUT2D eigenvalue weighted by atomic mass is 10.1. The lowest BCUT2D eigenvalue weighted by molar-refractivity contribution is -0.132. The van der Waals surface area contributed by atoms with Gasteiger partial charge in [-0.15, -0.1) is 0 Å². The Kier molecular flexibility index (Phi) is 6.17. The molecule has 0 radical (unpaired) electrons. The highest BCUT2D eigenvalue weighted by molar-refractivity contribution is 6.31. The van der Waals surface area contributed by atoms with Crippen molar-refractivity contribution in [2.75, 3.05) is 50.7 Å². The number of fused-ring (bicyclic) bond motifs is 1. The van der Waals surface area contributed by atoms with Crippen molar-refractivity contribution in [2.24, 2.45) is 0 Å². The summed E-state index contributed by atoms with van der Waals surface area (Å²) in [5.74, 6) is 0.249. The van der Waals surface area contributed by atoms with Gasteiger partial charge in [0.1, 0.15) is 6.07 Å². The predicted octanol–water partition coefficient (Wildman–Crippen LogP) is 3.28. The van der Waals surface area contributed by atoms with Crippen LogP contribution in [0.2, 0.25) is 5.02 Å². The van der Waals surface area contributed by atoms with Gasteiger partial charge in [0.15, 0.2) is 0 Å². The van der Waals surface area contributed by atoms with Gasteiger partial charge in [0.05, 0.1) is 23.3 Å². The quantitative estimate of drug-likeness (QED) is 0.775. The zero-order chi connectivity index (χ0) is 20.2. The number of hydrogen-bond donors (Lipinski definition) is 0. The number of pyridine rings is 1. The third-order valence-electron chi connectivity index (χ3n) is 5.93. The van der Waals surface area contributed by atoms with Gasteiger partial charge >= 0.3 is 0 Å². The molecule has 2 saturated heterocycles. The maximum absolute atomic E-state index is 12.7. The monoisotopic (exact) mass is 411 g/mol. The lowest BCUT2D eigenvalue weighted by Gasteiger charge is -2.37. The van der Waals surface area contributed by atoms with Crippen LogP contribution in [0.4, 0.5) is 5.69 Å². The van der Waals surface area contributed by atoms with Gasteiger partial charge in [-0.3, -0.25) is 14.7 Å². The van der Waals surface area contributed by atoms with E-state index in [0.29, 0.717) is 17.1 Å². The topological polar surface area (TPSA) is 63.5 Å². The van der Waals surface area contributed by atoms with Crippen molar-refractivity contribution < 1.29 is 4.79 Å². The van der Waals surface area contributed by atoms with Crippen molar-refractivity contribution in [1.82, 2.24) is 14.8 Å². The van der Waals surface area contributed by atoms with Crippen LogP contribution in [0.3, 0.4) is 0 Å². The number of nitriles is 1. The Hall–Kier alpha value is -2.36. The van der Waals surface area contributed by atoms with Gasteiger partial charge in [-0.05, 0) is 31.0 Å². The Morgan fingerprint density at radius 3 is 2.48 bits per heavy atom. The largest absolute Gasteiger partial charge is 0.367 e. The minimum atomic E-state index is 0.249. The molecule has 6 nitrogen and oxygen atoms in total. The molecule has 0 atom stereocenters. The summed E-state index contributed by atoms with van der Waals surface area (Å²) in [5, 5.41) is 11.2. The Morgan fingerprint density at radius 1 is 1.07 bits per heavy atom. The van der Waals surface area contributed by atoms with E-state index in [1.165, 1.54) is 12.8 Å². The average Bonchev–Trinajstić information content (AvgIpc) is 3.03. The molecule has 1 aromatic carbocycles. The van der Waals surface area contributed by atoms with Crippen LogP contribution in [0.15, 0.2) is 24.4 Å². The Balaban J connectivity index is 1.45. The summed E-state index contributed by atoms with van der Waals surface area (Å²) in [7, 11) is 0. The van der Waals surface area contributed by atoms with E-state index in [1.54, 1.807) is 6.20 Å². The summed E-state index contributed by atoms with van der Waals surface area (Å²) in [6, 6.07) is 7.87. The van der Waals surface area contributed by atoms with E-state index >= 15 is 0 Å². The molecular weight excluding hydrogens is 386 g/mol. The van der Waals surface area contributed by atoms with Crippen molar-refractivity contribution in [1.29, 1.82) is 5.26 Å². The van der Waals surface area contributed by atoms with Crippen LogP contribution >= 0.6 is 11.6 Å². The van der Waals surface area contributed by atoms with E-state index in [9.17, 15) is 10.1 Å². The van der Waals surface area contributed by atoms with Gasteiger partial charge in [-0.25, -0.2) is 0 Å². The van der Waals surface area contributed by atoms with Crippen LogP contribution < -0.4 is 4.90 Å². The lowest BCUT2D eigenvalue weighted by Crippen LogP contribution is -2.50. The van der Waals surface area contributed by atoms with Crippen molar-refractivity contribution in [2.45, 2.75) is 25.7 Å². The number of carbonyl (C=O) groups excluding carboxylic acids is 1. The van der Waals surface area contributed by atoms with Crippen molar-refractivity contribution in [3.05, 3.63) is 35.0 Å². The SMILES string of the molecule is N#Cc1cnc2ccc(Cl)cc2c1N1CCN(CC(=O)N2CCCCCC2)CC1. The number of nitrogens with zero attached hydrogens (tertiary/aromatic N) is 5. The van der Waals surface area contributed by atoms with E-state index in [1.807, 2.05) is 23.1 Å². The fourth-order valence-corrected chi connectivity index (χ4v) is 4.49. The fourth-order valence-electron chi connectivity index (χ4n) is 4.31. The van der Waals surface area contributed by atoms with Crippen molar-refractivity contribution in [3.8, 4) is 6.07 Å². The third-order valence-corrected chi connectivity index (χ3v) is 6.16. The molecule has 4 rings (SSSR count). The van der Waals surface area contributed by atoms with Crippen LogP contribution in [-0.4, -0.2) is 66.5 Å². The first-order valence-corrected chi connectivity index (χ1v) is 10.8. The van der Waals surface area contributed by atoms with Gasteiger partial charge in [0.2, 0.25) is 5.91 Å². The molecule has 0 saturated carbocycles. The third kappa shape index (κ3) is 4.47. The van der Waals surface area contributed by atoms with Crippen LogP contribution in [0, 0.1) is 11.3 Å². The van der Waals surface area contributed by atoms with Crippen LogP contribution in [-0.2, 0) is 4.79 Å². The molecule has 1 amide bonds. The van der Waals surface area contributed by atoms with Crippen LogP contribution in [0.1, 0.15) is 31.2 Å². The number of aromatic nitrogens is 1. The van der Waals surface area contributed by atoms with Gasteiger partial charge < -0.3 is 9.80 Å². The number of hydrogen-bond acceptors (Lipinski definition) is 5. The molecule has 1 aromatic heterocycles. The molecule has 3 heterocycles. The second-order valence-corrected chi connectivity index (χ2v) is 8.29. The molecule has 0 aliphatic carbocycles. The normalized spacial score (nSPS) is 18.5. The first-order chi connectivity index (χ1) is 14.2. The van der Waals surface area contributed by atoms with Crippen molar-refractivity contribution in [3.63, 3.8) is 0 Å². The highest BCUT2D eigenvalue weighted by atomic mass is 35.5. The number of amides is 1. The summed E-state index contributed by atoms with van der Waals surface area (Å²) in [4.78, 5) is 23.6. The zero-order valence-corrected chi connectivity index (χ0v) is 17.4. The van der Waals surface area contributed by atoms with Crippen LogP contribution in [0.5, 0.6) is 0 Å². The molecule has 0 unspecified atom stereocenters. The number of benzene rings is 1. The molecule has 2 aromatic rings. The molecular formula is C22H26ClN5O. The molecule has 29 heavy (non-hydrogen) atoms. The molecule has 7 heteroatoms. The smallest absolute Gasteiger partial charge is 0.236 e. The maximum atomic E-state index is 12.7. The zero-order valence-electron chi connectivity index (χ0n) is 16.6. The first-order valence-electron chi connectivity index (χ1n) is 10.4. The Bertz CT molecular complexity index is 925. The number of rotatable bonds is 3. The van der Waals surface area contributed by atoms with E-state index in [-0.39, 0.29) is 5.91 Å². The molecule has 0 bridgehead atoms. The minimum Gasteiger partial charge on any atom is -0.367 e. The predicted molar refractivity (Wildman–Crippen MR) is 115 cm³/mol. The van der Waals surface area contributed by atoms with E-state index in [0.717, 1.165) is 68.7 Å². The standard InChI is InChI=1S/C22H26ClN5O/c23-18-5-6-20-19(13-18)22(17(14-24)15-25-20)28-11-9-26(10-12-28)16-21(29)27-7-3-1-2-4-8-27/h5-6,13,15H,1-4,7-12,16H2. The van der Waals surface area contributed by atoms with E-state index in [2.05, 4.69) is 20.9 Å². The summed E-state index contributed by atoms with van der Waals surface area (Å²) < 4.78 is 0. The number of anilines is 1. The molecule has 2 aliphatic heterocycles. The second-order valence-electron chi connectivity index (χ2n) is 7.85. The van der Waals surface area contributed by atoms with Gasteiger partial charge in [-0.2, -0.15) is 5.26 Å². The molecule has 2 aliphatic rings. The van der Waals surface area contributed by atoms with E-state index < -0.39 is 0 Å². The first kappa shape index (κ1) is 19.9. The number of likely N-dealkylation sites (tertiary alicyclic amines) is 1. The number of piperazine rings is 1. The molecule has 152 valence electrons.